The molecule has 0 saturated heterocycles. The highest BCUT2D eigenvalue weighted by Crippen LogP contribution is 2.18. The van der Waals surface area contributed by atoms with E-state index < -0.39 is 5.60 Å². The number of hydrogen-bond acceptors (Lipinski definition) is 6. The summed E-state index contributed by atoms with van der Waals surface area (Å²) in [4.78, 5) is 12.0. The molecular weight excluding hydrogens is 316 g/mol. The summed E-state index contributed by atoms with van der Waals surface area (Å²) >= 11 is 0. The summed E-state index contributed by atoms with van der Waals surface area (Å²) in [6.07, 6.45) is 0. The Bertz CT molecular complexity index is 815. The van der Waals surface area contributed by atoms with Crippen LogP contribution in [0.1, 0.15) is 53.5 Å². The molecule has 130 valence electrons. The second-order valence-electron chi connectivity index (χ2n) is 6.80. The number of rotatable bonds is 4. The van der Waals surface area contributed by atoms with Crippen LogP contribution in [0.5, 0.6) is 0 Å². The van der Waals surface area contributed by atoms with Crippen LogP contribution in [0.25, 0.3) is 0 Å². The fraction of sp³-hybridized carbons (Fsp3) is 0.368. The highest BCUT2D eigenvalue weighted by Gasteiger charge is 2.17. The molecule has 6 nitrogen and oxygen atoms in total. The zero-order valence-electron chi connectivity index (χ0n) is 15.2. The predicted molar refractivity (Wildman–Crippen MR) is 95.2 cm³/mol. The Morgan fingerprint density at radius 3 is 2.40 bits per heavy atom. The summed E-state index contributed by atoms with van der Waals surface area (Å²) in [5.74, 6) is 0.112. The molecule has 0 spiro atoms. The maximum Gasteiger partial charge on any atom is 0.338 e. The number of aromatic nitrogens is 2. The Hall–Kier alpha value is -2.94. The van der Waals surface area contributed by atoms with Gasteiger partial charge >= 0.3 is 5.97 Å². The van der Waals surface area contributed by atoms with Gasteiger partial charge in [0.1, 0.15) is 17.2 Å². The number of anilines is 1. The first kappa shape index (κ1) is 18.4. The van der Waals surface area contributed by atoms with E-state index in [9.17, 15) is 10.1 Å². The van der Waals surface area contributed by atoms with Crippen LogP contribution in [0.15, 0.2) is 24.3 Å². The Kier molecular flexibility index (Phi) is 5.38. The highest BCUT2D eigenvalue weighted by atomic mass is 16.6. The SMILES string of the molecule is Cc1nnc(NCc2ccc(C(=O)OC(C)(C)C)cc2)c(C#N)c1C. The van der Waals surface area contributed by atoms with Gasteiger partial charge in [0, 0.05) is 6.54 Å². The number of carbonyl (C=O) groups is 1. The van der Waals surface area contributed by atoms with Crippen LogP contribution in [-0.4, -0.2) is 21.8 Å². The van der Waals surface area contributed by atoms with E-state index in [1.54, 1.807) is 12.1 Å². The molecule has 6 heteroatoms. The number of benzene rings is 1. The van der Waals surface area contributed by atoms with Crippen molar-refractivity contribution in [2.75, 3.05) is 5.32 Å². The molecule has 1 aromatic heterocycles. The molecule has 25 heavy (non-hydrogen) atoms. The normalized spacial score (nSPS) is 10.9. The Morgan fingerprint density at radius 1 is 1.20 bits per heavy atom. The molecule has 2 rings (SSSR count). The summed E-state index contributed by atoms with van der Waals surface area (Å²) < 4.78 is 5.34. The standard InChI is InChI=1S/C19H22N4O2/c1-12-13(2)22-23-17(16(12)10-20)21-11-14-6-8-15(9-7-14)18(24)25-19(3,4)5/h6-9H,11H2,1-5H3,(H,21,23). The molecule has 0 aliphatic heterocycles. The maximum absolute atomic E-state index is 12.0. The van der Waals surface area contributed by atoms with Crippen LogP contribution in [-0.2, 0) is 11.3 Å². The van der Waals surface area contributed by atoms with Crippen molar-refractivity contribution in [2.24, 2.45) is 0 Å². The summed E-state index contributed by atoms with van der Waals surface area (Å²) in [7, 11) is 0. The van der Waals surface area contributed by atoms with Crippen LogP contribution >= 0.6 is 0 Å². The first-order valence-electron chi connectivity index (χ1n) is 8.01. The number of esters is 1. The lowest BCUT2D eigenvalue weighted by Gasteiger charge is -2.19. The summed E-state index contributed by atoms with van der Waals surface area (Å²) in [6, 6.07) is 9.29. The number of hydrogen-bond donors (Lipinski definition) is 1. The van der Waals surface area contributed by atoms with Crippen molar-refractivity contribution in [3.05, 3.63) is 52.2 Å². The second-order valence-corrected chi connectivity index (χ2v) is 6.80. The van der Waals surface area contributed by atoms with Gasteiger partial charge in [-0.05, 0) is 57.9 Å². The summed E-state index contributed by atoms with van der Waals surface area (Å²) in [5, 5.41) is 20.5. The van der Waals surface area contributed by atoms with Crippen molar-refractivity contribution in [2.45, 2.75) is 46.8 Å². The molecule has 1 heterocycles. The topological polar surface area (TPSA) is 87.9 Å². The molecule has 0 unspecified atom stereocenters. The fourth-order valence-electron chi connectivity index (χ4n) is 2.15. The van der Waals surface area contributed by atoms with Gasteiger partial charge in [0.2, 0.25) is 0 Å². The molecule has 0 bridgehead atoms. The molecule has 0 radical (unpaired) electrons. The van der Waals surface area contributed by atoms with Crippen LogP contribution in [0, 0.1) is 25.2 Å². The third kappa shape index (κ3) is 4.77. The fourth-order valence-corrected chi connectivity index (χ4v) is 2.15. The Labute approximate surface area is 147 Å². The van der Waals surface area contributed by atoms with Gasteiger partial charge in [-0.2, -0.15) is 10.4 Å². The van der Waals surface area contributed by atoms with Gasteiger partial charge in [0.15, 0.2) is 5.82 Å². The molecule has 1 N–H and O–H groups in total. The Balaban J connectivity index is 2.07. The van der Waals surface area contributed by atoms with E-state index in [2.05, 4.69) is 21.6 Å². The van der Waals surface area contributed by atoms with Crippen LogP contribution in [0.2, 0.25) is 0 Å². The van der Waals surface area contributed by atoms with Crippen molar-refractivity contribution >= 4 is 11.8 Å². The molecule has 0 saturated carbocycles. The van der Waals surface area contributed by atoms with Gasteiger partial charge in [-0.15, -0.1) is 5.10 Å². The van der Waals surface area contributed by atoms with E-state index in [1.807, 2.05) is 46.8 Å². The monoisotopic (exact) mass is 338 g/mol. The highest BCUT2D eigenvalue weighted by molar-refractivity contribution is 5.89. The Morgan fingerprint density at radius 2 is 1.84 bits per heavy atom. The number of nitrogens with zero attached hydrogens (tertiary/aromatic N) is 3. The number of aryl methyl sites for hydroxylation is 1. The average molecular weight is 338 g/mol. The van der Waals surface area contributed by atoms with Gasteiger partial charge in [-0.25, -0.2) is 4.79 Å². The lowest BCUT2D eigenvalue weighted by molar-refractivity contribution is 0.00695. The van der Waals surface area contributed by atoms with Gasteiger partial charge in [0.25, 0.3) is 0 Å². The average Bonchev–Trinajstić information content (AvgIpc) is 2.55. The largest absolute Gasteiger partial charge is 0.456 e. The summed E-state index contributed by atoms with van der Waals surface area (Å²) in [5.41, 5.74) is 2.99. The molecule has 0 aliphatic rings. The minimum Gasteiger partial charge on any atom is -0.456 e. The molecule has 0 atom stereocenters. The zero-order valence-corrected chi connectivity index (χ0v) is 15.2. The second kappa shape index (κ2) is 7.31. The smallest absolute Gasteiger partial charge is 0.338 e. The van der Waals surface area contributed by atoms with Crippen LogP contribution in [0.3, 0.4) is 0 Å². The van der Waals surface area contributed by atoms with Crippen molar-refractivity contribution < 1.29 is 9.53 Å². The minimum atomic E-state index is -0.521. The van der Waals surface area contributed by atoms with E-state index in [4.69, 9.17) is 4.74 Å². The van der Waals surface area contributed by atoms with Crippen molar-refractivity contribution in [1.82, 2.24) is 10.2 Å². The lowest BCUT2D eigenvalue weighted by atomic mass is 10.1. The molecule has 0 aliphatic carbocycles. The van der Waals surface area contributed by atoms with E-state index in [0.29, 0.717) is 23.5 Å². The minimum absolute atomic E-state index is 0.348. The van der Waals surface area contributed by atoms with Gasteiger partial charge in [-0.1, -0.05) is 12.1 Å². The lowest BCUT2D eigenvalue weighted by Crippen LogP contribution is -2.23. The first-order valence-corrected chi connectivity index (χ1v) is 8.01. The molecule has 2 aromatic rings. The van der Waals surface area contributed by atoms with Gasteiger partial charge < -0.3 is 10.1 Å². The maximum atomic E-state index is 12.0. The van der Waals surface area contributed by atoms with E-state index in [-0.39, 0.29) is 5.97 Å². The van der Waals surface area contributed by atoms with Gasteiger partial charge in [0.05, 0.1) is 11.3 Å². The molecule has 1 aromatic carbocycles. The van der Waals surface area contributed by atoms with Crippen molar-refractivity contribution in [1.29, 1.82) is 5.26 Å². The number of nitrogens with one attached hydrogen (secondary N) is 1. The summed E-state index contributed by atoms with van der Waals surface area (Å²) in [6.45, 7) is 9.65. The number of ether oxygens (including phenoxy) is 1. The van der Waals surface area contributed by atoms with Crippen molar-refractivity contribution in [3.8, 4) is 6.07 Å². The number of carbonyl (C=O) groups excluding carboxylic acids is 1. The molecule has 0 fully saturated rings. The first-order chi connectivity index (χ1) is 11.7. The molecule has 0 amide bonds. The van der Waals surface area contributed by atoms with Crippen molar-refractivity contribution in [3.63, 3.8) is 0 Å². The van der Waals surface area contributed by atoms with Gasteiger partial charge in [-0.3, -0.25) is 0 Å². The third-order valence-electron chi connectivity index (χ3n) is 3.61. The van der Waals surface area contributed by atoms with Crippen LogP contribution < -0.4 is 5.32 Å². The van der Waals surface area contributed by atoms with E-state index in [1.165, 1.54) is 0 Å². The van der Waals surface area contributed by atoms with E-state index in [0.717, 1.165) is 16.8 Å². The predicted octanol–water partition coefficient (Wildman–Crippen LogP) is 3.53. The number of nitriles is 1. The quantitative estimate of drug-likeness (QED) is 0.858. The molecular formula is C19H22N4O2. The van der Waals surface area contributed by atoms with E-state index >= 15 is 0 Å². The van der Waals surface area contributed by atoms with Crippen LogP contribution in [0.4, 0.5) is 5.82 Å². The third-order valence-corrected chi connectivity index (χ3v) is 3.61. The zero-order chi connectivity index (χ0) is 18.6.